The summed E-state index contributed by atoms with van der Waals surface area (Å²) in [6, 6.07) is 6.73. The van der Waals surface area contributed by atoms with Crippen molar-refractivity contribution in [3.05, 3.63) is 48.0 Å². The molecule has 0 aliphatic rings. The predicted molar refractivity (Wildman–Crippen MR) is 69.2 cm³/mol. The van der Waals surface area contributed by atoms with Gasteiger partial charge in [0.25, 0.3) is 0 Å². The molecule has 1 heterocycles. The van der Waals surface area contributed by atoms with E-state index in [9.17, 15) is 4.79 Å². The first-order valence-electron chi connectivity index (χ1n) is 5.76. The topological polar surface area (TPSA) is 55.1 Å². The average molecular weight is 244 g/mol. The van der Waals surface area contributed by atoms with E-state index >= 15 is 0 Å². The summed E-state index contributed by atoms with van der Waals surface area (Å²) < 4.78 is 1.90. The number of hydrogen-bond acceptors (Lipinski definition) is 2. The Bertz CT molecular complexity index is 562. The number of aromatic carboxylic acids is 1. The van der Waals surface area contributed by atoms with Crippen molar-refractivity contribution in [2.45, 2.75) is 26.2 Å². The third kappa shape index (κ3) is 2.42. The van der Waals surface area contributed by atoms with Crippen LogP contribution in [-0.2, 0) is 5.41 Å². The number of carboxylic acids is 1. The Balaban J connectivity index is 2.32. The molecule has 4 heteroatoms. The van der Waals surface area contributed by atoms with Gasteiger partial charge in [-0.05, 0) is 24.3 Å². The monoisotopic (exact) mass is 244 g/mol. The molecule has 0 unspecified atom stereocenters. The van der Waals surface area contributed by atoms with Crippen molar-refractivity contribution in [1.29, 1.82) is 0 Å². The van der Waals surface area contributed by atoms with Crippen LogP contribution in [-0.4, -0.2) is 20.6 Å². The molecule has 0 atom stereocenters. The zero-order valence-electron chi connectivity index (χ0n) is 10.7. The number of aromatic nitrogens is 2. The van der Waals surface area contributed by atoms with E-state index in [-0.39, 0.29) is 11.0 Å². The van der Waals surface area contributed by atoms with Gasteiger partial charge >= 0.3 is 5.97 Å². The zero-order chi connectivity index (χ0) is 13.3. The number of rotatable bonds is 2. The van der Waals surface area contributed by atoms with E-state index in [2.05, 4.69) is 25.8 Å². The van der Waals surface area contributed by atoms with Crippen LogP contribution < -0.4 is 0 Å². The minimum atomic E-state index is -0.914. The average Bonchev–Trinajstić information content (AvgIpc) is 2.78. The fraction of sp³-hybridized carbons (Fsp3) is 0.286. The molecular weight excluding hydrogens is 228 g/mol. The Morgan fingerprint density at radius 1 is 1.22 bits per heavy atom. The van der Waals surface area contributed by atoms with Gasteiger partial charge in [-0.2, -0.15) is 0 Å². The number of carbonyl (C=O) groups is 1. The van der Waals surface area contributed by atoms with E-state index in [0.29, 0.717) is 0 Å². The van der Waals surface area contributed by atoms with Gasteiger partial charge in [0.05, 0.1) is 17.6 Å². The van der Waals surface area contributed by atoms with Gasteiger partial charge in [-0.3, -0.25) is 0 Å². The van der Waals surface area contributed by atoms with Gasteiger partial charge in [-0.25, -0.2) is 9.78 Å². The molecule has 1 aromatic carbocycles. The Hall–Kier alpha value is -2.10. The third-order valence-corrected chi connectivity index (χ3v) is 2.76. The standard InChI is InChI=1S/C14H16N2O2/c1-14(2,3)12-8-16(9-15-12)11-6-4-10(5-7-11)13(17)18/h4-9H,1-3H3,(H,17,18). The van der Waals surface area contributed by atoms with Gasteiger partial charge in [0, 0.05) is 17.3 Å². The fourth-order valence-corrected chi connectivity index (χ4v) is 1.63. The summed E-state index contributed by atoms with van der Waals surface area (Å²) in [5.74, 6) is -0.914. The fourth-order valence-electron chi connectivity index (χ4n) is 1.63. The highest BCUT2D eigenvalue weighted by Crippen LogP contribution is 2.21. The normalized spacial score (nSPS) is 11.5. The largest absolute Gasteiger partial charge is 0.478 e. The van der Waals surface area contributed by atoms with Crippen LogP contribution in [0, 0.1) is 0 Å². The van der Waals surface area contributed by atoms with Crippen LogP contribution in [0.3, 0.4) is 0 Å². The molecule has 0 aliphatic heterocycles. The van der Waals surface area contributed by atoms with Gasteiger partial charge in [0.2, 0.25) is 0 Å². The van der Waals surface area contributed by atoms with Crippen molar-refractivity contribution >= 4 is 5.97 Å². The number of imidazole rings is 1. The van der Waals surface area contributed by atoms with Gasteiger partial charge in [0.1, 0.15) is 0 Å². The molecule has 0 amide bonds. The molecule has 0 bridgehead atoms. The second-order valence-electron chi connectivity index (χ2n) is 5.27. The van der Waals surface area contributed by atoms with Gasteiger partial charge in [-0.1, -0.05) is 20.8 Å². The van der Waals surface area contributed by atoms with E-state index in [0.717, 1.165) is 11.4 Å². The molecule has 0 radical (unpaired) electrons. The Morgan fingerprint density at radius 2 is 1.83 bits per heavy atom. The van der Waals surface area contributed by atoms with Gasteiger partial charge in [0.15, 0.2) is 0 Å². The van der Waals surface area contributed by atoms with Gasteiger partial charge in [-0.15, -0.1) is 0 Å². The van der Waals surface area contributed by atoms with Crippen LogP contribution in [0.5, 0.6) is 0 Å². The lowest BCUT2D eigenvalue weighted by Gasteiger charge is -2.14. The summed E-state index contributed by atoms with van der Waals surface area (Å²) in [5, 5.41) is 8.84. The van der Waals surface area contributed by atoms with E-state index in [1.807, 2.05) is 10.8 Å². The summed E-state index contributed by atoms with van der Waals surface area (Å²) in [6.45, 7) is 6.31. The maximum atomic E-state index is 10.8. The Labute approximate surface area is 106 Å². The molecule has 2 aromatic rings. The second-order valence-corrected chi connectivity index (χ2v) is 5.27. The summed E-state index contributed by atoms with van der Waals surface area (Å²) >= 11 is 0. The smallest absolute Gasteiger partial charge is 0.335 e. The minimum Gasteiger partial charge on any atom is -0.478 e. The van der Waals surface area contributed by atoms with E-state index < -0.39 is 5.97 Å². The number of carboxylic acid groups (broad SMARTS) is 1. The van der Waals surface area contributed by atoms with Gasteiger partial charge < -0.3 is 9.67 Å². The van der Waals surface area contributed by atoms with Crippen molar-refractivity contribution in [1.82, 2.24) is 9.55 Å². The molecule has 1 N–H and O–H groups in total. The highest BCUT2D eigenvalue weighted by molar-refractivity contribution is 5.87. The highest BCUT2D eigenvalue weighted by atomic mass is 16.4. The first kappa shape index (κ1) is 12.4. The predicted octanol–water partition coefficient (Wildman–Crippen LogP) is 2.87. The van der Waals surface area contributed by atoms with Crippen molar-refractivity contribution in [3.8, 4) is 5.69 Å². The Morgan fingerprint density at radius 3 is 2.28 bits per heavy atom. The van der Waals surface area contributed by atoms with Crippen molar-refractivity contribution < 1.29 is 9.90 Å². The lowest BCUT2D eigenvalue weighted by Crippen LogP contribution is -2.11. The third-order valence-electron chi connectivity index (χ3n) is 2.76. The quantitative estimate of drug-likeness (QED) is 0.883. The lowest BCUT2D eigenvalue weighted by molar-refractivity contribution is 0.0697. The molecule has 4 nitrogen and oxygen atoms in total. The first-order valence-corrected chi connectivity index (χ1v) is 5.76. The molecule has 0 spiro atoms. The van der Waals surface area contributed by atoms with Crippen molar-refractivity contribution in [3.63, 3.8) is 0 Å². The number of hydrogen-bond donors (Lipinski definition) is 1. The molecule has 0 saturated heterocycles. The summed E-state index contributed by atoms with van der Waals surface area (Å²) in [6.07, 6.45) is 3.71. The maximum Gasteiger partial charge on any atom is 0.335 e. The van der Waals surface area contributed by atoms with Crippen LogP contribution in [0.4, 0.5) is 0 Å². The highest BCUT2D eigenvalue weighted by Gasteiger charge is 2.16. The minimum absolute atomic E-state index is 0.00621. The zero-order valence-corrected chi connectivity index (χ0v) is 10.7. The van der Waals surface area contributed by atoms with Crippen LogP contribution >= 0.6 is 0 Å². The molecule has 0 fully saturated rings. The first-order chi connectivity index (χ1) is 8.38. The van der Waals surface area contributed by atoms with Crippen molar-refractivity contribution in [2.75, 3.05) is 0 Å². The maximum absolute atomic E-state index is 10.8. The van der Waals surface area contributed by atoms with Crippen LogP contribution in [0.1, 0.15) is 36.8 Å². The SMILES string of the molecule is CC(C)(C)c1cn(-c2ccc(C(=O)O)cc2)cn1. The van der Waals surface area contributed by atoms with Crippen LogP contribution in [0.2, 0.25) is 0 Å². The summed E-state index contributed by atoms with van der Waals surface area (Å²) in [7, 11) is 0. The molecule has 1 aromatic heterocycles. The number of nitrogens with zero attached hydrogens (tertiary/aromatic N) is 2. The van der Waals surface area contributed by atoms with Crippen LogP contribution in [0.15, 0.2) is 36.8 Å². The molecule has 0 saturated carbocycles. The van der Waals surface area contributed by atoms with E-state index in [1.165, 1.54) is 0 Å². The van der Waals surface area contributed by atoms with Crippen LogP contribution in [0.25, 0.3) is 5.69 Å². The molecular formula is C14H16N2O2. The molecule has 2 rings (SSSR count). The molecule has 0 aliphatic carbocycles. The Kier molecular flexibility index (Phi) is 2.95. The van der Waals surface area contributed by atoms with E-state index in [4.69, 9.17) is 5.11 Å². The molecule has 18 heavy (non-hydrogen) atoms. The summed E-state index contributed by atoms with van der Waals surface area (Å²) in [5.41, 5.74) is 2.20. The molecule has 94 valence electrons. The van der Waals surface area contributed by atoms with E-state index in [1.54, 1.807) is 30.6 Å². The summed E-state index contributed by atoms with van der Waals surface area (Å²) in [4.78, 5) is 15.1. The number of benzene rings is 1. The van der Waals surface area contributed by atoms with Crippen molar-refractivity contribution in [2.24, 2.45) is 0 Å². The lowest BCUT2D eigenvalue weighted by atomic mass is 9.93. The second kappa shape index (κ2) is 4.29.